The van der Waals surface area contributed by atoms with E-state index in [0.29, 0.717) is 0 Å². The van der Waals surface area contributed by atoms with Crippen molar-refractivity contribution in [3.8, 4) is 16.2 Å². The summed E-state index contributed by atoms with van der Waals surface area (Å²) in [5, 5.41) is 2.13. The van der Waals surface area contributed by atoms with Crippen molar-refractivity contribution in [2.24, 2.45) is 0 Å². The molecule has 2 heterocycles. The molecule has 0 atom stereocenters. The fourth-order valence-electron chi connectivity index (χ4n) is 1.88. The van der Waals surface area contributed by atoms with E-state index >= 15 is 0 Å². The van der Waals surface area contributed by atoms with Crippen LogP contribution < -0.4 is 4.74 Å². The summed E-state index contributed by atoms with van der Waals surface area (Å²) in [5.41, 5.74) is 3.89. The SMILES string of the molecule is Cc1cccc2c1-c1sccc1CO2. The average Bonchev–Trinajstić information content (AvgIpc) is 2.65. The molecule has 1 nitrogen and oxygen atoms in total. The summed E-state index contributed by atoms with van der Waals surface area (Å²) in [6.07, 6.45) is 0. The molecule has 1 aliphatic rings. The van der Waals surface area contributed by atoms with Gasteiger partial charge in [-0.05, 0) is 30.0 Å². The quantitative estimate of drug-likeness (QED) is 0.634. The molecule has 0 bridgehead atoms. The van der Waals surface area contributed by atoms with E-state index in [4.69, 9.17) is 4.74 Å². The maximum atomic E-state index is 5.70. The van der Waals surface area contributed by atoms with E-state index in [9.17, 15) is 0 Å². The molecule has 0 unspecified atom stereocenters. The Kier molecular flexibility index (Phi) is 1.64. The number of rotatable bonds is 0. The van der Waals surface area contributed by atoms with Gasteiger partial charge in [0.15, 0.2) is 0 Å². The summed E-state index contributed by atoms with van der Waals surface area (Å²) in [4.78, 5) is 1.38. The molecule has 1 aliphatic heterocycles. The lowest BCUT2D eigenvalue weighted by Crippen LogP contribution is -2.03. The van der Waals surface area contributed by atoms with Gasteiger partial charge in [0.05, 0.1) is 0 Å². The van der Waals surface area contributed by atoms with Gasteiger partial charge in [0, 0.05) is 16.0 Å². The first kappa shape index (κ1) is 8.06. The number of thiophene rings is 1. The fraction of sp³-hybridized carbons (Fsp3) is 0.167. The summed E-state index contributed by atoms with van der Waals surface area (Å²) >= 11 is 1.80. The van der Waals surface area contributed by atoms with Crippen LogP contribution >= 0.6 is 11.3 Å². The molecule has 2 aromatic rings. The highest BCUT2D eigenvalue weighted by atomic mass is 32.1. The molecule has 0 saturated carbocycles. The predicted octanol–water partition coefficient (Wildman–Crippen LogP) is 3.62. The number of benzene rings is 1. The van der Waals surface area contributed by atoms with Gasteiger partial charge in [-0.15, -0.1) is 11.3 Å². The highest BCUT2D eigenvalue weighted by Gasteiger charge is 2.19. The van der Waals surface area contributed by atoms with Crippen LogP contribution in [0.4, 0.5) is 0 Å². The van der Waals surface area contributed by atoms with Crippen molar-refractivity contribution in [2.45, 2.75) is 13.5 Å². The first-order valence-electron chi connectivity index (χ1n) is 4.65. The van der Waals surface area contributed by atoms with Crippen molar-refractivity contribution in [1.29, 1.82) is 0 Å². The predicted molar refractivity (Wildman–Crippen MR) is 58.8 cm³/mol. The van der Waals surface area contributed by atoms with Crippen molar-refractivity contribution >= 4 is 11.3 Å². The van der Waals surface area contributed by atoms with Crippen molar-refractivity contribution in [3.05, 3.63) is 40.8 Å². The Balaban J connectivity index is 2.34. The van der Waals surface area contributed by atoms with Crippen LogP contribution in [0.3, 0.4) is 0 Å². The smallest absolute Gasteiger partial charge is 0.128 e. The largest absolute Gasteiger partial charge is 0.488 e. The molecule has 1 aromatic carbocycles. The zero-order chi connectivity index (χ0) is 9.54. The molecule has 0 amide bonds. The van der Waals surface area contributed by atoms with E-state index in [2.05, 4.69) is 24.4 Å². The van der Waals surface area contributed by atoms with Crippen molar-refractivity contribution in [2.75, 3.05) is 0 Å². The number of hydrogen-bond donors (Lipinski definition) is 0. The molecular weight excluding hydrogens is 192 g/mol. The second-order valence-corrected chi connectivity index (χ2v) is 4.43. The van der Waals surface area contributed by atoms with E-state index in [1.807, 2.05) is 12.1 Å². The van der Waals surface area contributed by atoms with Crippen LogP contribution in [0.15, 0.2) is 29.6 Å². The van der Waals surface area contributed by atoms with E-state index in [1.165, 1.54) is 21.6 Å². The lowest BCUT2D eigenvalue weighted by atomic mass is 10.0. The van der Waals surface area contributed by atoms with Gasteiger partial charge in [-0.1, -0.05) is 12.1 Å². The molecule has 70 valence electrons. The second-order valence-electron chi connectivity index (χ2n) is 3.51. The Morgan fingerprint density at radius 3 is 3.14 bits per heavy atom. The van der Waals surface area contributed by atoms with Crippen molar-refractivity contribution in [1.82, 2.24) is 0 Å². The van der Waals surface area contributed by atoms with Gasteiger partial charge in [0.2, 0.25) is 0 Å². The minimum absolute atomic E-state index is 0.718. The maximum absolute atomic E-state index is 5.70. The zero-order valence-corrected chi connectivity index (χ0v) is 8.73. The molecular formula is C12H10OS. The molecule has 0 saturated heterocycles. The summed E-state index contributed by atoms with van der Waals surface area (Å²) in [6, 6.07) is 8.38. The van der Waals surface area contributed by atoms with Crippen LogP contribution in [-0.4, -0.2) is 0 Å². The van der Waals surface area contributed by atoms with Gasteiger partial charge in [-0.2, -0.15) is 0 Å². The summed E-state index contributed by atoms with van der Waals surface area (Å²) < 4.78 is 5.70. The van der Waals surface area contributed by atoms with Crippen LogP contribution in [0.5, 0.6) is 5.75 Å². The fourth-order valence-corrected chi connectivity index (χ4v) is 2.90. The summed E-state index contributed by atoms with van der Waals surface area (Å²) in [6.45, 7) is 2.85. The first-order chi connectivity index (χ1) is 6.86. The lowest BCUT2D eigenvalue weighted by molar-refractivity contribution is 0.303. The summed E-state index contributed by atoms with van der Waals surface area (Å²) in [7, 11) is 0. The molecule has 0 fully saturated rings. The molecule has 2 heteroatoms. The van der Waals surface area contributed by atoms with Gasteiger partial charge in [0.25, 0.3) is 0 Å². The molecule has 0 N–H and O–H groups in total. The zero-order valence-electron chi connectivity index (χ0n) is 7.91. The highest BCUT2D eigenvalue weighted by Crippen LogP contribution is 2.42. The Labute approximate surface area is 87.0 Å². The Hall–Kier alpha value is -1.28. The monoisotopic (exact) mass is 202 g/mol. The van der Waals surface area contributed by atoms with Gasteiger partial charge in [0.1, 0.15) is 12.4 Å². The minimum atomic E-state index is 0.718. The molecule has 1 aromatic heterocycles. The standard InChI is InChI=1S/C12H10OS/c1-8-3-2-4-10-11(8)12-9(7-13-10)5-6-14-12/h2-6H,7H2,1H3. The number of ether oxygens (including phenoxy) is 1. The third-order valence-corrected chi connectivity index (χ3v) is 3.57. The number of hydrogen-bond acceptors (Lipinski definition) is 2. The normalized spacial score (nSPS) is 12.9. The number of fused-ring (bicyclic) bond motifs is 3. The topological polar surface area (TPSA) is 9.23 Å². The Bertz CT molecular complexity index is 485. The van der Waals surface area contributed by atoms with Crippen LogP contribution in [0.25, 0.3) is 10.4 Å². The average molecular weight is 202 g/mol. The molecule has 0 radical (unpaired) electrons. The Morgan fingerprint density at radius 2 is 2.21 bits per heavy atom. The van der Waals surface area contributed by atoms with Crippen LogP contribution in [-0.2, 0) is 6.61 Å². The second kappa shape index (κ2) is 2.85. The van der Waals surface area contributed by atoms with Gasteiger partial charge in [-0.25, -0.2) is 0 Å². The highest BCUT2D eigenvalue weighted by molar-refractivity contribution is 7.13. The molecule has 0 aliphatic carbocycles. The molecule has 14 heavy (non-hydrogen) atoms. The third-order valence-electron chi connectivity index (χ3n) is 2.59. The van der Waals surface area contributed by atoms with Crippen molar-refractivity contribution < 1.29 is 4.74 Å². The van der Waals surface area contributed by atoms with E-state index in [-0.39, 0.29) is 0 Å². The van der Waals surface area contributed by atoms with Crippen LogP contribution in [0.1, 0.15) is 11.1 Å². The van der Waals surface area contributed by atoms with Crippen LogP contribution in [0.2, 0.25) is 0 Å². The Morgan fingerprint density at radius 1 is 1.29 bits per heavy atom. The summed E-state index contributed by atoms with van der Waals surface area (Å²) in [5.74, 6) is 1.03. The van der Waals surface area contributed by atoms with E-state index in [0.717, 1.165) is 12.4 Å². The van der Waals surface area contributed by atoms with E-state index < -0.39 is 0 Å². The van der Waals surface area contributed by atoms with Crippen LogP contribution in [0, 0.1) is 6.92 Å². The first-order valence-corrected chi connectivity index (χ1v) is 5.53. The minimum Gasteiger partial charge on any atom is -0.488 e. The van der Waals surface area contributed by atoms with Crippen molar-refractivity contribution in [3.63, 3.8) is 0 Å². The maximum Gasteiger partial charge on any atom is 0.128 e. The van der Waals surface area contributed by atoms with Gasteiger partial charge in [-0.3, -0.25) is 0 Å². The lowest BCUT2D eigenvalue weighted by Gasteiger charge is -2.19. The third kappa shape index (κ3) is 1.01. The van der Waals surface area contributed by atoms with Gasteiger partial charge >= 0.3 is 0 Å². The number of aryl methyl sites for hydroxylation is 1. The van der Waals surface area contributed by atoms with Gasteiger partial charge < -0.3 is 4.74 Å². The van der Waals surface area contributed by atoms with E-state index in [1.54, 1.807) is 11.3 Å². The molecule has 0 spiro atoms. The molecule has 3 rings (SSSR count).